The third-order valence-corrected chi connectivity index (χ3v) is 3.06. The first kappa shape index (κ1) is 16.4. The highest BCUT2D eigenvalue weighted by Crippen LogP contribution is 2.17. The molecule has 0 rings (SSSR count). The van der Waals surface area contributed by atoms with Crippen molar-refractivity contribution < 1.29 is 9.53 Å². The van der Waals surface area contributed by atoms with Gasteiger partial charge in [0.15, 0.2) is 0 Å². The third-order valence-electron chi connectivity index (χ3n) is 3.06. The van der Waals surface area contributed by atoms with Crippen LogP contribution in [0.25, 0.3) is 0 Å². The van der Waals surface area contributed by atoms with Crippen molar-refractivity contribution in [3.05, 3.63) is 0 Å². The van der Waals surface area contributed by atoms with Gasteiger partial charge in [-0.2, -0.15) is 0 Å². The molecule has 0 fully saturated rings. The molecule has 0 spiro atoms. The Morgan fingerprint density at radius 1 is 1.35 bits per heavy atom. The summed E-state index contributed by atoms with van der Waals surface area (Å²) < 4.78 is 5.00. The molecule has 2 unspecified atom stereocenters. The van der Waals surface area contributed by atoms with E-state index in [0.717, 1.165) is 6.54 Å². The number of rotatable bonds is 7. The fourth-order valence-electron chi connectivity index (χ4n) is 2.30. The van der Waals surface area contributed by atoms with Gasteiger partial charge in [0.25, 0.3) is 0 Å². The first-order valence-electron chi connectivity index (χ1n) is 6.48. The highest BCUT2D eigenvalue weighted by molar-refractivity contribution is 5.80. The van der Waals surface area contributed by atoms with Crippen LogP contribution in [0.5, 0.6) is 0 Å². The van der Waals surface area contributed by atoms with Crippen LogP contribution in [0.15, 0.2) is 0 Å². The molecule has 0 aromatic heterocycles. The highest BCUT2D eigenvalue weighted by Gasteiger charge is 2.33. The van der Waals surface area contributed by atoms with E-state index in [-0.39, 0.29) is 12.0 Å². The SMILES string of the molecule is CCOC(=O)C(C)(N)CC(C)N(CC)C(C)C. The average Bonchev–Trinajstić information content (AvgIpc) is 2.17. The summed E-state index contributed by atoms with van der Waals surface area (Å²) in [5.41, 5.74) is 5.13. The molecule has 0 heterocycles. The van der Waals surface area contributed by atoms with Crippen molar-refractivity contribution in [1.29, 1.82) is 0 Å². The Hall–Kier alpha value is -0.610. The summed E-state index contributed by atoms with van der Waals surface area (Å²) in [6.07, 6.45) is 0.609. The van der Waals surface area contributed by atoms with E-state index in [2.05, 4.69) is 32.6 Å². The molecule has 2 N–H and O–H groups in total. The maximum absolute atomic E-state index is 11.7. The lowest BCUT2D eigenvalue weighted by Gasteiger charge is -2.35. The predicted octanol–water partition coefficient (Wildman–Crippen LogP) is 1.78. The summed E-state index contributed by atoms with van der Waals surface area (Å²) in [5.74, 6) is -0.313. The maximum Gasteiger partial charge on any atom is 0.325 e. The third kappa shape index (κ3) is 5.04. The molecule has 102 valence electrons. The molecular weight excluding hydrogens is 216 g/mol. The minimum Gasteiger partial charge on any atom is -0.465 e. The Labute approximate surface area is 105 Å². The normalized spacial score (nSPS) is 17.0. The van der Waals surface area contributed by atoms with Gasteiger partial charge in [-0.15, -0.1) is 0 Å². The van der Waals surface area contributed by atoms with Gasteiger partial charge in [0.05, 0.1) is 6.61 Å². The molecule has 0 aromatic carbocycles. The zero-order valence-corrected chi connectivity index (χ0v) is 12.1. The standard InChI is InChI=1S/C13H28N2O2/c1-7-15(10(3)4)11(5)9-13(6,14)12(16)17-8-2/h10-11H,7-9,14H2,1-6H3. The number of carbonyl (C=O) groups excluding carboxylic acids is 1. The molecule has 0 radical (unpaired) electrons. The van der Waals surface area contributed by atoms with Gasteiger partial charge in [-0.05, 0) is 47.6 Å². The van der Waals surface area contributed by atoms with Crippen molar-refractivity contribution in [1.82, 2.24) is 4.90 Å². The molecule has 0 aromatic rings. The Balaban J connectivity index is 4.53. The van der Waals surface area contributed by atoms with Crippen molar-refractivity contribution in [2.24, 2.45) is 5.73 Å². The van der Waals surface area contributed by atoms with Crippen LogP contribution in [0.1, 0.15) is 48.0 Å². The first-order chi connectivity index (χ1) is 7.76. The zero-order chi connectivity index (χ0) is 13.6. The number of nitrogens with two attached hydrogens (primary N) is 1. The van der Waals surface area contributed by atoms with Crippen molar-refractivity contribution in [2.45, 2.75) is 65.6 Å². The minimum absolute atomic E-state index is 0.263. The summed E-state index contributed by atoms with van der Waals surface area (Å²) >= 11 is 0. The van der Waals surface area contributed by atoms with Crippen LogP contribution in [0, 0.1) is 0 Å². The Bertz CT molecular complexity index is 240. The Kier molecular flexibility index (Phi) is 6.72. The summed E-state index contributed by atoms with van der Waals surface area (Å²) in [5, 5.41) is 0. The molecule has 0 saturated heterocycles. The average molecular weight is 244 g/mol. The van der Waals surface area contributed by atoms with E-state index in [1.807, 2.05) is 0 Å². The number of esters is 1. The molecule has 4 nitrogen and oxygen atoms in total. The number of hydrogen-bond acceptors (Lipinski definition) is 4. The first-order valence-corrected chi connectivity index (χ1v) is 6.48. The lowest BCUT2D eigenvalue weighted by molar-refractivity contribution is -0.149. The molecule has 0 bridgehead atoms. The fraction of sp³-hybridized carbons (Fsp3) is 0.923. The van der Waals surface area contributed by atoms with Crippen LogP contribution in [-0.2, 0) is 9.53 Å². The van der Waals surface area contributed by atoms with Crippen LogP contribution in [-0.4, -0.2) is 41.6 Å². The van der Waals surface area contributed by atoms with Gasteiger partial charge in [-0.3, -0.25) is 9.69 Å². The molecule has 0 amide bonds. The van der Waals surface area contributed by atoms with Crippen molar-refractivity contribution >= 4 is 5.97 Å². The second-order valence-electron chi connectivity index (χ2n) is 5.12. The van der Waals surface area contributed by atoms with E-state index in [1.165, 1.54) is 0 Å². The van der Waals surface area contributed by atoms with E-state index < -0.39 is 5.54 Å². The van der Waals surface area contributed by atoms with E-state index >= 15 is 0 Å². The molecule has 0 aliphatic rings. The van der Waals surface area contributed by atoms with Gasteiger partial charge in [-0.1, -0.05) is 6.92 Å². The van der Waals surface area contributed by atoms with Crippen LogP contribution in [0.4, 0.5) is 0 Å². The lowest BCUT2D eigenvalue weighted by Crippen LogP contribution is -2.52. The van der Waals surface area contributed by atoms with Gasteiger partial charge in [0.2, 0.25) is 0 Å². The molecule has 2 atom stereocenters. The second-order valence-corrected chi connectivity index (χ2v) is 5.12. The van der Waals surface area contributed by atoms with E-state index in [4.69, 9.17) is 10.5 Å². The van der Waals surface area contributed by atoms with Crippen LogP contribution < -0.4 is 5.73 Å². The smallest absolute Gasteiger partial charge is 0.325 e. The molecule has 0 aliphatic heterocycles. The molecular formula is C13H28N2O2. The van der Waals surface area contributed by atoms with Crippen molar-refractivity contribution in [3.63, 3.8) is 0 Å². The van der Waals surface area contributed by atoms with Gasteiger partial charge in [-0.25, -0.2) is 0 Å². The molecule has 0 aliphatic carbocycles. The van der Waals surface area contributed by atoms with Crippen LogP contribution in [0.2, 0.25) is 0 Å². The monoisotopic (exact) mass is 244 g/mol. The minimum atomic E-state index is -0.905. The molecule has 4 heteroatoms. The quantitative estimate of drug-likeness (QED) is 0.694. The zero-order valence-electron chi connectivity index (χ0n) is 12.1. The summed E-state index contributed by atoms with van der Waals surface area (Å²) in [6.45, 7) is 13.4. The van der Waals surface area contributed by atoms with Gasteiger partial charge in [0.1, 0.15) is 5.54 Å². The van der Waals surface area contributed by atoms with E-state index in [9.17, 15) is 4.79 Å². The van der Waals surface area contributed by atoms with Gasteiger partial charge >= 0.3 is 5.97 Å². The van der Waals surface area contributed by atoms with Crippen molar-refractivity contribution in [3.8, 4) is 0 Å². The lowest BCUT2D eigenvalue weighted by atomic mass is 9.93. The Morgan fingerprint density at radius 3 is 2.24 bits per heavy atom. The maximum atomic E-state index is 11.7. The fourth-order valence-corrected chi connectivity index (χ4v) is 2.30. The Morgan fingerprint density at radius 2 is 1.88 bits per heavy atom. The largest absolute Gasteiger partial charge is 0.465 e. The summed E-state index contributed by atoms with van der Waals surface area (Å²) in [7, 11) is 0. The van der Waals surface area contributed by atoms with Crippen molar-refractivity contribution in [2.75, 3.05) is 13.2 Å². The molecule has 17 heavy (non-hydrogen) atoms. The number of carbonyl (C=O) groups is 1. The summed E-state index contributed by atoms with van der Waals surface area (Å²) in [6, 6.07) is 0.715. The molecule has 0 saturated carbocycles. The van der Waals surface area contributed by atoms with Gasteiger partial charge in [0, 0.05) is 12.1 Å². The summed E-state index contributed by atoms with van der Waals surface area (Å²) in [4.78, 5) is 14.0. The van der Waals surface area contributed by atoms with E-state index in [0.29, 0.717) is 19.1 Å². The number of hydrogen-bond donors (Lipinski definition) is 1. The van der Waals surface area contributed by atoms with Crippen LogP contribution >= 0.6 is 0 Å². The number of ether oxygens (including phenoxy) is 1. The van der Waals surface area contributed by atoms with E-state index in [1.54, 1.807) is 13.8 Å². The highest BCUT2D eigenvalue weighted by atomic mass is 16.5. The predicted molar refractivity (Wildman–Crippen MR) is 70.8 cm³/mol. The second kappa shape index (κ2) is 6.97. The topological polar surface area (TPSA) is 55.6 Å². The van der Waals surface area contributed by atoms with Crippen LogP contribution in [0.3, 0.4) is 0 Å². The number of nitrogens with zero attached hydrogens (tertiary/aromatic N) is 1. The van der Waals surface area contributed by atoms with Gasteiger partial charge < -0.3 is 10.5 Å².